The van der Waals surface area contributed by atoms with Crippen LogP contribution < -0.4 is 4.74 Å². The lowest BCUT2D eigenvalue weighted by Crippen LogP contribution is -2.38. The maximum Gasteiger partial charge on any atom is 0.323 e. The molecule has 1 aliphatic rings. The van der Waals surface area contributed by atoms with Gasteiger partial charge in [0.1, 0.15) is 29.5 Å². The zero-order chi connectivity index (χ0) is 25.0. The van der Waals surface area contributed by atoms with Crippen molar-refractivity contribution in [2.45, 2.75) is 38.2 Å². The highest BCUT2D eigenvalue weighted by molar-refractivity contribution is 5.83. The van der Waals surface area contributed by atoms with Crippen LogP contribution in [-0.2, 0) is 35.3 Å². The van der Waals surface area contributed by atoms with E-state index >= 15 is 0 Å². The van der Waals surface area contributed by atoms with E-state index in [2.05, 4.69) is 0 Å². The standard InChI is InChI=1S/C28H27F2NO4/c1-28(16-21-7-3-5-9-24(21)30)17-22-14-19(10-11-25(22)35-28)15-26(32)31(18-27(33)34)13-12-20-6-2-4-8-23(20)29/h2-11,14H,12-13,15-18H2,1H3,(H,33,34)/t28-/m1/s1. The maximum atomic E-state index is 14.1. The number of fused-ring (bicyclic) bond motifs is 1. The van der Waals surface area contributed by atoms with Crippen LogP contribution in [0.3, 0.4) is 0 Å². The predicted octanol–water partition coefficient (Wildman–Crippen LogP) is 4.60. The summed E-state index contributed by atoms with van der Waals surface area (Å²) in [5, 5.41) is 9.26. The quantitative estimate of drug-likeness (QED) is 0.487. The molecule has 1 heterocycles. The predicted molar refractivity (Wildman–Crippen MR) is 127 cm³/mol. The van der Waals surface area contributed by atoms with Crippen molar-refractivity contribution < 1.29 is 28.2 Å². The first kappa shape index (κ1) is 24.4. The smallest absolute Gasteiger partial charge is 0.323 e. The molecule has 7 heteroatoms. The van der Waals surface area contributed by atoms with Gasteiger partial charge in [0.15, 0.2) is 0 Å². The molecular formula is C28H27F2NO4. The van der Waals surface area contributed by atoms with E-state index < -0.39 is 18.1 Å². The first-order chi connectivity index (χ1) is 16.7. The largest absolute Gasteiger partial charge is 0.487 e. The number of carboxylic acid groups (broad SMARTS) is 1. The zero-order valence-corrected chi connectivity index (χ0v) is 19.5. The number of carbonyl (C=O) groups excluding carboxylic acids is 1. The molecule has 0 spiro atoms. The Balaban J connectivity index is 1.43. The SMILES string of the molecule is C[C@@]1(Cc2ccccc2F)Cc2cc(CC(=O)N(CCc3ccccc3F)CC(=O)O)ccc2O1. The van der Waals surface area contributed by atoms with Gasteiger partial charge in [-0.1, -0.05) is 48.5 Å². The normalized spacial score (nSPS) is 16.4. The number of aliphatic carboxylic acids is 1. The molecule has 0 aromatic heterocycles. The lowest BCUT2D eigenvalue weighted by Gasteiger charge is -2.24. The Bertz CT molecular complexity index is 1250. The lowest BCUT2D eigenvalue weighted by molar-refractivity contribution is -0.144. The summed E-state index contributed by atoms with van der Waals surface area (Å²) < 4.78 is 34.2. The van der Waals surface area contributed by atoms with E-state index in [4.69, 9.17) is 4.74 Å². The Hall–Kier alpha value is -3.74. The van der Waals surface area contributed by atoms with E-state index in [-0.39, 0.29) is 36.9 Å². The molecule has 1 atom stereocenters. The van der Waals surface area contributed by atoms with Crippen molar-refractivity contribution >= 4 is 11.9 Å². The van der Waals surface area contributed by atoms with Gasteiger partial charge < -0.3 is 14.7 Å². The molecule has 5 nitrogen and oxygen atoms in total. The third-order valence-electron chi connectivity index (χ3n) is 6.21. The van der Waals surface area contributed by atoms with Crippen LogP contribution in [0.2, 0.25) is 0 Å². The molecule has 182 valence electrons. The summed E-state index contributed by atoms with van der Waals surface area (Å²) in [5.41, 5.74) is 2.05. The fourth-order valence-corrected chi connectivity index (χ4v) is 4.53. The molecule has 0 fully saturated rings. The molecule has 35 heavy (non-hydrogen) atoms. The summed E-state index contributed by atoms with van der Waals surface area (Å²) in [7, 11) is 0. The first-order valence-corrected chi connectivity index (χ1v) is 11.5. The van der Waals surface area contributed by atoms with E-state index in [1.807, 2.05) is 13.0 Å². The second kappa shape index (κ2) is 10.3. The van der Waals surface area contributed by atoms with Gasteiger partial charge >= 0.3 is 5.97 Å². The molecule has 4 rings (SSSR count). The minimum absolute atomic E-state index is 0.0157. The van der Waals surface area contributed by atoms with E-state index in [0.717, 1.165) is 11.1 Å². The van der Waals surface area contributed by atoms with Crippen LogP contribution >= 0.6 is 0 Å². The number of hydrogen-bond donors (Lipinski definition) is 1. The number of ether oxygens (including phenoxy) is 1. The molecule has 0 aliphatic carbocycles. The molecule has 0 saturated carbocycles. The maximum absolute atomic E-state index is 14.1. The van der Waals surface area contributed by atoms with Crippen molar-refractivity contribution in [2.24, 2.45) is 0 Å². The van der Waals surface area contributed by atoms with Crippen molar-refractivity contribution in [3.63, 3.8) is 0 Å². The fraction of sp³-hybridized carbons (Fsp3) is 0.286. The molecule has 1 amide bonds. The van der Waals surface area contributed by atoms with Gasteiger partial charge in [-0.2, -0.15) is 0 Å². The monoisotopic (exact) mass is 479 g/mol. The number of carbonyl (C=O) groups is 2. The molecule has 3 aromatic rings. The average molecular weight is 480 g/mol. The fourth-order valence-electron chi connectivity index (χ4n) is 4.53. The minimum atomic E-state index is -1.13. The van der Waals surface area contributed by atoms with Crippen LogP contribution in [0.5, 0.6) is 5.75 Å². The first-order valence-electron chi connectivity index (χ1n) is 11.5. The summed E-state index contributed by atoms with van der Waals surface area (Å²) in [5.74, 6) is -1.43. The lowest BCUT2D eigenvalue weighted by atomic mass is 9.91. The summed E-state index contributed by atoms with van der Waals surface area (Å²) in [6, 6.07) is 18.3. The van der Waals surface area contributed by atoms with Gasteiger partial charge in [-0.25, -0.2) is 8.78 Å². The Morgan fingerprint density at radius 2 is 1.66 bits per heavy atom. The van der Waals surface area contributed by atoms with Crippen LogP contribution in [0.1, 0.15) is 29.2 Å². The Kier molecular flexibility index (Phi) is 7.15. The van der Waals surface area contributed by atoms with Crippen molar-refractivity contribution in [1.29, 1.82) is 0 Å². The molecule has 1 N–H and O–H groups in total. The Labute approximate surface area is 203 Å². The van der Waals surface area contributed by atoms with Gasteiger partial charge in [0.2, 0.25) is 5.91 Å². The molecule has 0 radical (unpaired) electrons. The van der Waals surface area contributed by atoms with Crippen LogP contribution in [-0.4, -0.2) is 40.6 Å². The summed E-state index contributed by atoms with van der Waals surface area (Å²) in [6.07, 6.45) is 1.20. The number of carboxylic acids is 1. The Morgan fingerprint density at radius 3 is 2.31 bits per heavy atom. The van der Waals surface area contributed by atoms with E-state index in [9.17, 15) is 23.5 Å². The highest BCUT2D eigenvalue weighted by Gasteiger charge is 2.36. The number of benzene rings is 3. The minimum Gasteiger partial charge on any atom is -0.487 e. The van der Waals surface area contributed by atoms with Crippen LogP contribution in [0.15, 0.2) is 66.7 Å². The summed E-state index contributed by atoms with van der Waals surface area (Å²) in [4.78, 5) is 25.5. The second-order valence-corrected chi connectivity index (χ2v) is 9.17. The van der Waals surface area contributed by atoms with Gasteiger partial charge in [0.25, 0.3) is 0 Å². The van der Waals surface area contributed by atoms with E-state index in [1.165, 1.54) is 17.0 Å². The number of rotatable bonds is 9. The van der Waals surface area contributed by atoms with Gasteiger partial charge in [-0.3, -0.25) is 9.59 Å². The van der Waals surface area contributed by atoms with Gasteiger partial charge in [0.05, 0.1) is 6.42 Å². The third kappa shape index (κ3) is 6.04. The molecular weight excluding hydrogens is 452 g/mol. The summed E-state index contributed by atoms with van der Waals surface area (Å²) >= 11 is 0. The van der Waals surface area contributed by atoms with Crippen LogP contribution in [0.25, 0.3) is 0 Å². The molecule has 1 aliphatic heterocycles. The van der Waals surface area contributed by atoms with Crippen molar-refractivity contribution in [2.75, 3.05) is 13.1 Å². The average Bonchev–Trinajstić information content (AvgIpc) is 3.14. The van der Waals surface area contributed by atoms with Crippen LogP contribution in [0, 0.1) is 11.6 Å². The highest BCUT2D eigenvalue weighted by atomic mass is 19.1. The van der Waals surface area contributed by atoms with Gasteiger partial charge in [-0.05, 0) is 53.8 Å². The third-order valence-corrected chi connectivity index (χ3v) is 6.21. The number of nitrogens with zero attached hydrogens (tertiary/aromatic N) is 1. The van der Waals surface area contributed by atoms with Crippen molar-refractivity contribution in [1.82, 2.24) is 4.90 Å². The summed E-state index contributed by atoms with van der Waals surface area (Å²) in [6.45, 7) is 1.57. The van der Waals surface area contributed by atoms with E-state index in [0.29, 0.717) is 29.7 Å². The molecule has 0 saturated heterocycles. The molecule has 0 unspecified atom stereocenters. The van der Waals surface area contributed by atoms with Gasteiger partial charge in [0, 0.05) is 19.4 Å². The number of hydrogen-bond acceptors (Lipinski definition) is 3. The van der Waals surface area contributed by atoms with Crippen molar-refractivity contribution in [3.8, 4) is 5.75 Å². The van der Waals surface area contributed by atoms with E-state index in [1.54, 1.807) is 48.5 Å². The second-order valence-electron chi connectivity index (χ2n) is 9.17. The topological polar surface area (TPSA) is 66.8 Å². The Morgan fingerprint density at radius 1 is 1.00 bits per heavy atom. The molecule has 3 aromatic carbocycles. The molecule has 0 bridgehead atoms. The van der Waals surface area contributed by atoms with Gasteiger partial charge in [-0.15, -0.1) is 0 Å². The highest BCUT2D eigenvalue weighted by Crippen LogP contribution is 2.38. The number of halogens is 2. The number of amides is 1. The van der Waals surface area contributed by atoms with Crippen LogP contribution in [0.4, 0.5) is 8.78 Å². The zero-order valence-electron chi connectivity index (χ0n) is 19.5. The van der Waals surface area contributed by atoms with Crippen molar-refractivity contribution in [3.05, 3.63) is 101 Å².